The number of ether oxygens (including phenoxy) is 2. The second-order valence-electron chi connectivity index (χ2n) is 5.28. The van der Waals surface area contributed by atoms with Crippen LogP contribution in [0, 0.1) is 0 Å². The van der Waals surface area contributed by atoms with Crippen LogP contribution in [-0.2, 0) is 16.1 Å². The summed E-state index contributed by atoms with van der Waals surface area (Å²) in [6.45, 7) is 2.95. The third kappa shape index (κ3) is 8.00. The molecule has 1 rings (SSSR count). The molecule has 0 unspecified atom stereocenters. The number of benzene rings is 1. The molecule has 1 aromatic rings. The fourth-order valence-corrected chi connectivity index (χ4v) is 1.95. The monoisotopic (exact) mass is 309 g/mol. The van der Waals surface area contributed by atoms with E-state index in [1.807, 2.05) is 24.3 Å². The largest absolute Gasteiger partial charge is 0.497 e. The molecule has 0 aromatic heterocycles. The van der Waals surface area contributed by atoms with E-state index in [1.54, 1.807) is 7.11 Å². The van der Waals surface area contributed by atoms with E-state index in [9.17, 15) is 9.90 Å². The number of rotatable bonds is 11. The normalized spacial score (nSPS) is 12.0. The fraction of sp³-hybridized carbons (Fsp3) is 0.588. The molecule has 5 nitrogen and oxygen atoms in total. The molecular weight excluding hydrogens is 282 g/mol. The highest BCUT2D eigenvalue weighted by Gasteiger charge is 2.07. The van der Waals surface area contributed by atoms with Crippen molar-refractivity contribution in [2.75, 3.05) is 20.3 Å². The van der Waals surface area contributed by atoms with Crippen molar-refractivity contribution >= 4 is 5.91 Å². The quantitative estimate of drug-likeness (QED) is 0.615. The summed E-state index contributed by atoms with van der Waals surface area (Å²) < 4.78 is 10.5. The van der Waals surface area contributed by atoms with Gasteiger partial charge in [0, 0.05) is 13.0 Å². The Balaban J connectivity index is 2.12. The molecule has 124 valence electrons. The van der Waals surface area contributed by atoms with Crippen molar-refractivity contribution in [2.24, 2.45) is 0 Å². The van der Waals surface area contributed by atoms with Gasteiger partial charge in [-0.1, -0.05) is 31.9 Å². The summed E-state index contributed by atoms with van der Waals surface area (Å²) in [4.78, 5) is 11.5. The molecule has 1 atom stereocenters. The number of hydrogen-bond donors (Lipinski definition) is 2. The molecule has 2 N–H and O–H groups in total. The maximum absolute atomic E-state index is 11.5. The van der Waals surface area contributed by atoms with E-state index in [4.69, 9.17) is 9.47 Å². The first-order chi connectivity index (χ1) is 10.7. The van der Waals surface area contributed by atoms with Crippen molar-refractivity contribution in [3.8, 4) is 5.75 Å². The number of unbranched alkanes of at least 4 members (excludes halogenated alkanes) is 2. The Bertz CT molecular complexity index is 419. The van der Waals surface area contributed by atoms with Crippen LogP contribution in [0.1, 0.15) is 38.2 Å². The average molecular weight is 309 g/mol. The maximum Gasteiger partial charge on any atom is 0.220 e. The van der Waals surface area contributed by atoms with Gasteiger partial charge < -0.3 is 19.9 Å². The number of aliphatic hydroxyl groups is 1. The van der Waals surface area contributed by atoms with E-state index >= 15 is 0 Å². The zero-order valence-corrected chi connectivity index (χ0v) is 13.5. The smallest absolute Gasteiger partial charge is 0.220 e. The van der Waals surface area contributed by atoms with Gasteiger partial charge in [-0.15, -0.1) is 0 Å². The molecule has 0 fully saturated rings. The number of amides is 1. The lowest BCUT2D eigenvalue weighted by Crippen LogP contribution is -2.34. The zero-order valence-electron chi connectivity index (χ0n) is 13.5. The molecule has 0 aliphatic heterocycles. The van der Waals surface area contributed by atoms with Crippen molar-refractivity contribution in [1.29, 1.82) is 0 Å². The van der Waals surface area contributed by atoms with Crippen molar-refractivity contribution in [3.05, 3.63) is 29.8 Å². The number of methoxy groups -OCH3 is 1. The molecule has 22 heavy (non-hydrogen) atoms. The molecule has 0 spiro atoms. The van der Waals surface area contributed by atoms with E-state index in [1.165, 1.54) is 0 Å². The van der Waals surface area contributed by atoms with E-state index in [2.05, 4.69) is 12.2 Å². The van der Waals surface area contributed by atoms with Crippen LogP contribution in [0.3, 0.4) is 0 Å². The molecule has 0 radical (unpaired) electrons. The van der Waals surface area contributed by atoms with Crippen LogP contribution in [0.5, 0.6) is 5.75 Å². The summed E-state index contributed by atoms with van der Waals surface area (Å²) in [5.41, 5.74) is 1.01. The highest BCUT2D eigenvalue weighted by Crippen LogP contribution is 2.11. The van der Waals surface area contributed by atoms with Crippen LogP contribution < -0.4 is 10.1 Å². The van der Waals surface area contributed by atoms with Gasteiger partial charge in [0.2, 0.25) is 5.91 Å². The van der Waals surface area contributed by atoms with Gasteiger partial charge in [0.15, 0.2) is 0 Å². The minimum Gasteiger partial charge on any atom is -0.497 e. The van der Waals surface area contributed by atoms with Crippen LogP contribution in [0.25, 0.3) is 0 Å². The lowest BCUT2D eigenvalue weighted by atomic mass is 10.2. The Labute approximate surface area is 132 Å². The molecule has 0 aliphatic carbocycles. The van der Waals surface area contributed by atoms with Gasteiger partial charge in [-0.2, -0.15) is 0 Å². The highest BCUT2D eigenvalue weighted by molar-refractivity contribution is 5.75. The standard InChI is InChI=1S/C17H27NO4/c1-3-4-5-6-17(20)18-11-15(19)13-22-12-14-7-9-16(21-2)10-8-14/h7-10,15,19H,3-6,11-13H2,1-2H3,(H,18,20)/t15-/m1/s1. The molecule has 5 heteroatoms. The van der Waals surface area contributed by atoms with Crippen molar-refractivity contribution in [2.45, 2.75) is 45.3 Å². The van der Waals surface area contributed by atoms with Crippen molar-refractivity contribution in [1.82, 2.24) is 5.32 Å². The van der Waals surface area contributed by atoms with Gasteiger partial charge in [0.05, 0.1) is 26.4 Å². The lowest BCUT2D eigenvalue weighted by molar-refractivity contribution is -0.121. The molecule has 0 aliphatic rings. The average Bonchev–Trinajstić information content (AvgIpc) is 2.54. The van der Waals surface area contributed by atoms with E-state index < -0.39 is 6.10 Å². The molecule has 1 amide bonds. The van der Waals surface area contributed by atoms with E-state index in [0.29, 0.717) is 13.0 Å². The lowest BCUT2D eigenvalue weighted by Gasteiger charge is -2.12. The third-order valence-corrected chi connectivity index (χ3v) is 3.28. The van der Waals surface area contributed by atoms with Gasteiger partial charge in [-0.25, -0.2) is 0 Å². The van der Waals surface area contributed by atoms with Gasteiger partial charge in [0.1, 0.15) is 5.75 Å². The molecule has 0 heterocycles. The fourth-order valence-electron chi connectivity index (χ4n) is 1.95. The van der Waals surface area contributed by atoms with Gasteiger partial charge in [-0.3, -0.25) is 4.79 Å². The molecular formula is C17H27NO4. The first-order valence-electron chi connectivity index (χ1n) is 7.81. The Morgan fingerprint density at radius 3 is 2.64 bits per heavy atom. The Kier molecular flexibility index (Phi) is 9.26. The maximum atomic E-state index is 11.5. The first kappa shape index (κ1) is 18.5. The SMILES string of the molecule is CCCCCC(=O)NC[C@@H](O)COCc1ccc(OC)cc1. The minimum atomic E-state index is -0.687. The summed E-state index contributed by atoms with van der Waals surface area (Å²) in [5.74, 6) is 0.789. The Hall–Kier alpha value is -1.59. The van der Waals surface area contributed by atoms with Gasteiger partial charge in [0.25, 0.3) is 0 Å². The van der Waals surface area contributed by atoms with Crippen LogP contribution in [0.2, 0.25) is 0 Å². The number of nitrogens with one attached hydrogen (secondary N) is 1. The number of hydrogen-bond acceptors (Lipinski definition) is 4. The van der Waals surface area contributed by atoms with Crippen LogP contribution in [0.15, 0.2) is 24.3 Å². The third-order valence-electron chi connectivity index (χ3n) is 3.28. The van der Waals surface area contributed by atoms with Crippen LogP contribution in [-0.4, -0.2) is 37.4 Å². The summed E-state index contributed by atoms with van der Waals surface area (Å²) in [7, 11) is 1.62. The molecule has 0 bridgehead atoms. The predicted octanol–water partition coefficient (Wildman–Crippen LogP) is 2.27. The zero-order chi connectivity index (χ0) is 16.2. The van der Waals surface area contributed by atoms with Crippen molar-refractivity contribution in [3.63, 3.8) is 0 Å². The summed E-state index contributed by atoms with van der Waals surface area (Å²) >= 11 is 0. The summed E-state index contributed by atoms with van der Waals surface area (Å²) in [6, 6.07) is 7.57. The summed E-state index contributed by atoms with van der Waals surface area (Å²) in [6.07, 6.45) is 2.88. The predicted molar refractivity (Wildman–Crippen MR) is 85.8 cm³/mol. The van der Waals surface area contributed by atoms with E-state index in [-0.39, 0.29) is 19.1 Å². The Morgan fingerprint density at radius 2 is 2.00 bits per heavy atom. The second kappa shape index (κ2) is 11.0. The number of carbonyl (C=O) groups is 1. The number of aliphatic hydroxyl groups excluding tert-OH is 1. The highest BCUT2D eigenvalue weighted by atomic mass is 16.5. The van der Waals surface area contributed by atoms with Crippen LogP contribution in [0.4, 0.5) is 0 Å². The van der Waals surface area contributed by atoms with E-state index in [0.717, 1.165) is 30.6 Å². The first-order valence-corrected chi connectivity index (χ1v) is 7.81. The van der Waals surface area contributed by atoms with Gasteiger partial charge in [-0.05, 0) is 24.1 Å². The second-order valence-corrected chi connectivity index (χ2v) is 5.28. The number of carbonyl (C=O) groups excluding carboxylic acids is 1. The topological polar surface area (TPSA) is 67.8 Å². The molecule has 0 saturated carbocycles. The summed E-state index contributed by atoms with van der Waals surface area (Å²) in [5, 5.41) is 12.5. The Morgan fingerprint density at radius 1 is 1.27 bits per heavy atom. The molecule has 0 saturated heterocycles. The molecule has 1 aromatic carbocycles. The minimum absolute atomic E-state index is 0.0114. The van der Waals surface area contributed by atoms with Gasteiger partial charge >= 0.3 is 0 Å². The van der Waals surface area contributed by atoms with Crippen molar-refractivity contribution < 1.29 is 19.4 Å². The van der Waals surface area contributed by atoms with Crippen LogP contribution >= 0.6 is 0 Å².